The van der Waals surface area contributed by atoms with Crippen LogP contribution in [0.15, 0.2) is 30.5 Å². The molecule has 0 saturated carbocycles. The first-order chi connectivity index (χ1) is 17.9. The van der Waals surface area contributed by atoms with E-state index in [0.29, 0.717) is 12.3 Å². The minimum atomic E-state index is -1.09. The number of hydrogen-bond acceptors (Lipinski definition) is 7. The lowest BCUT2D eigenvalue weighted by atomic mass is 10.0. The Bertz CT molecular complexity index is 1090. The molecule has 2 amide bonds. The first kappa shape index (κ1) is 30.7. The summed E-state index contributed by atoms with van der Waals surface area (Å²) in [5.74, 6) is -1.33. The zero-order valence-corrected chi connectivity index (χ0v) is 23.2. The van der Waals surface area contributed by atoms with Crippen molar-refractivity contribution in [3.8, 4) is 0 Å². The lowest BCUT2D eigenvalue weighted by Crippen LogP contribution is -2.46. The molecule has 2 aromatic rings. The number of amides is 2. The van der Waals surface area contributed by atoms with Crippen LogP contribution in [0.25, 0.3) is 10.9 Å². The third kappa shape index (κ3) is 10.4. The van der Waals surface area contributed by atoms with Crippen molar-refractivity contribution in [2.75, 3.05) is 13.2 Å². The van der Waals surface area contributed by atoms with E-state index in [-0.39, 0.29) is 32.5 Å². The fourth-order valence-corrected chi connectivity index (χ4v) is 3.69. The summed E-state index contributed by atoms with van der Waals surface area (Å²) in [6.07, 6.45) is 1.74. The highest BCUT2D eigenvalue weighted by Crippen LogP contribution is 2.19. The molecule has 210 valence electrons. The smallest absolute Gasteiger partial charge is 0.408 e. The first-order valence-electron chi connectivity index (χ1n) is 13.1. The van der Waals surface area contributed by atoms with Gasteiger partial charge in [0.25, 0.3) is 0 Å². The molecule has 1 aromatic heterocycles. The monoisotopic (exact) mass is 531 g/mol. The average molecular weight is 532 g/mol. The summed E-state index contributed by atoms with van der Waals surface area (Å²) >= 11 is 0. The van der Waals surface area contributed by atoms with E-state index in [1.54, 1.807) is 33.9 Å². The van der Waals surface area contributed by atoms with Crippen molar-refractivity contribution in [2.24, 2.45) is 5.92 Å². The quantitative estimate of drug-likeness (QED) is 0.262. The fraction of sp³-hybridized carbons (Fsp3) is 0.571. The van der Waals surface area contributed by atoms with Crippen molar-refractivity contribution >= 4 is 34.8 Å². The van der Waals surface area contributed by atoms with E-state index in [2.05, 4.69) is 15.6 Å². The van der Waals surface area contributed by atoms with Gasteiger partial charge in [-0.25, -0.2) is 14.4 Å². The van der Waals surface area contributed by atoms with E-state index in [1.807, 2.05) is 38.1 Å². The van der Waals surface area contributed by atoms with Crippen LogP contribution in [-0.4, -0.2) is 59.8 Å². The molecule has 0 aliphatic heterocycles. The Kier molecular flexibility index (Phi) is 11.6. The van der Waals surface area contributed by atoms with Crippen LogP contribution in [0.3, 0.4) is 0 Å². The number of nitrogens with one attached hydrogen (secondary N) is 3. The highest BCUT2D eigenvalue weighted by molar-refractivity contribution is 5.88. The topological polar surface area (TPSA) is 136 Å². The molecule has 0 fully saturated rings. The molecule has 0 aliphatic carbocycles. The Morgan fingerprint density at radius 3 is 2.29 bits per heavy atom. The van der Waals surface area contributed by atoms with Crippen molar-refractivity contribution in [1.29, 1.82) is 0 Å². The Hall–Kier alpha value is -3.56. The van der Waals surface area contributed by atoms with Crippen LogP contribution in [0.4, 0.5) is 4.79 Å². The second kappa shape index (κ2) is 14.4. The minimum absolute atomic E-state index is 0.0335. The number of alkyl carbamates (subject to hydrolysis) is 1. The van der Waals surface area contributed by atoms with E-state index in [1.165, 1.54) is 0 Å². The summed E-state index contributed by atoms with van der Waals surface area (Å²) in [7, 11) is 0. The maximum Gasteiger partial charge on any atom is 0.408 e. The molecule has 1 aromatic carbocycles. The van der Waals surface area contributed by atoms with E-state index in [9.17, 15) is 19.2 Å². The van der Waals surface area contributed by atoms with Gasteiger partial charge in [0, 0.05) is 29.9 Å². The normalized spacial score (nSPS) is 13.0. The van der Waals surface area contributed by atoms with E-state index >= 15 is 0 Å². The van der Waals surface area contributed by atoms with Gasteiger partial charge in [0.15, 0.2) is 0 Å². The molecule has 10 heteroatoms. The Morgan fingerprint density at radius 2 is 1.63 bits per heavy atom. The van der Waals surface area contributed by atoms with Gasteiger partial charge in [-0.2, -0.15) is 0 Å². The molecule has 0 spiro atoms. The number of fused-ring (bicyclic) bond motifs is 1. The number of ether oxygens (including phenoxy) is 3. The standard InChI is InChI=1S/C28H41N3O7/c1-7-36-26(34)23(16-19-17-29-21-11-9-8-10-20(19)21)30-24(32)13-12-22(25(33)37-15-14-18(2)3)31-27(35)38-28(4,5)6/h8-11,17-18,22-23,29H,7,12-16H2,1-6H3,(H,30,32)(H,31,35)/t22-,23-/m1/s1. The number of esters is 2. The van der Waals surface area contributed by atoms with Crippen LogP contribution in [0, 0.1) is 5.92 Å². The summed E-state index contributed by atoms with van der Waals surface area (Å²) in [4.78, 5) is 53.7. The van der Waals surface area contributed by atoms with Crippen molar-refractivity contribution in [1.82, 2.24) is 15.6 Å². The number of hydrogen-bond donors (Lipinski definition) is 3. The van der Waals surface area contributed by atoms with Gasteiger partial charge in [-0.15, -0.1) is 0 Å². The van der Waals surface area contributed by atoms with Crippen molar-refractivity contribution in [2.45, 2.75) is 84.9 Å². The molecular formula is C28H41N3O7. The van der Waals surface area contributed by atoms with Crippen LogP contribution in [0.5, 0.6) is 0 Å². The summed E-state index contributed by atoms with van der Waals surface area (Å²) in [6, 6.07) is 5.66. The van der Waals surface area contributed by atoms with Gasteiger partial charge >= 0.3 is 18.0 Å². The van der Waals surface area contributed by atoms with Gasteiger partial charge in [0.05, 0.1) is 13.2 Å². The number of carbonyl (C=O) groups is 4. The second-order valence-electron chi connectivity index (χ2n) is 10.5. The number of aromatic amines is 1. The summed E-state index contributed by atoms with van der Waals surface area (Å²) in [5.41, 5.74) is 1.02. The van der Waals surface area contributed by atoms with Gasteiger partial charge in [0.1, 0.15) is 17.7 Å². The number of rotatable bonds is 13. The van der Waals surface area contributed by atoms with Crippen LogP contribution in [0.2, 0.25) is 0 Å². The summed E-state index contributed by atoms with van der Waals surface area (Å²) in [6.45, 7) is 11.2. The largest absolute Gasteiger partial charge is 0.464 e. The SMILES string of the molecule is CCOC(=O)[C@@H](Cc1c[nH]c2ccccc12)NC(=O)CC[C@@H](NC(=O)OC(C)(C)C)C(=O)OCCC(C)C. The van der Waals surface area contributed by atoms with E-state index in [0.717, 1.165) is 16.5 Å². The van der Waals surface area contributed by atoms with Gasteiger partial charge < -0.3 is 29.8 Å². The molecule has 0 radical (unpaired) electrons. The lowest BCUT2D eigenvalue weighted by molar-refractivity contribution is -0.148. The number of carbonyl (C=O) groups excluding carboxylic acids is 4. The zero-order valence-electron chi connectivity index (χ0n) is 23.2. The molecule has 2 rings (SSSR count). The Morgan fingerprint density at radius 1 is 0.947 bits per heavy atom. The predicted octanol–water partition coefficient (Wildman–Crippen LogP) is 4.02. The molecule has 3 N–H and O–H groups in total. The van der Waals surface area contributed by atoms with Gasteiger partial charge in [-0.1, -0.05) is 32.0 Å². The highest BCUT2D eigenvalue weighted by atomic mass is 16.6. The number of H-pyrrole nitrogens is 1. The third-order valence-electron chi connectivity index (χ3n) is 5.58. The summed E-state index contributed by atoms with van der Waals surface area (Å²) in [5, 5.41) is 6.18. The van der Waals surface area contributed by atoms with Crippen molar-refractivity contribution < 1.29 is 33.4 Å². The highest BCUT2D eigenvalue weighted by Gasteiger charge is 2.28. The number of aromatic nitrogens is 1. The molecule has 0 aliphatic rings. The molecule has 0 unspecified atom stereocenters. The molecule has 2 atom stereocenters. The van der Waals surface area contributed by atoms with Crippen LogP contribution >= 0.6 is 0 Å². The van der Waals surface area contributed by atoms with Crippen LogP contribution in [-0.2, 0) is 35.0 Å². The molecule has 0 bridgehead atoms. The molecule has 0 saturated heterocycles. The molecule has 38 heavy (non-hydrogen) atoms. The van der Waals surface area contributed by atoms with Gasteiger partial charge in [0.2, 0.25) is 5.91 Å². The minimum Gasteiger partial charge on any atom is -0.464 e. The zero-order chi connectivity index (χ0) is 28.3. The average Bonchev–Trinajstić information content (AvgIpc) is 3.22. The molecule has 1 heterocycles. The second-order valence-corrected chi connectivity index (χ2v) is 10.5. The Balaban J connectivity index is 2.07. The van der Waals surface area contributed by atoms with Crippen molar-refractivity contribution in [3.05, 3.63) is 36.0 Å². The van der Waals surface area contributed by atoms with E-state index < -0.39 is 41.6 Å². The van der Waals surface area contributed by atoms with Gasteiger partial charge in [-0.3, -0.25) is 4.79 Å². The number of benzene rings is 1. The Labute approximate surface area is 224 Å². The molecule has 10 nitrogen and oxygen atoms in total. The first-order valence-corrected chi connectivity index (χ1v) is 13.1. The fourth-order valence-electron chi connectivity index (χ4n) is 3.69. The van der Waals surface area contributed by atoms with Crippen LogP contribution in [0.1, 0.15) is 66.4 Å². The summed E-state index contributed by atoms with van der Waals surface area (Å²) < 4.78 is 15.8. The van der Waals surface area contributed by atoms with Crippen LogP contribution < -0.4 is 10.6 Å². The third-order valence-corrected chi connectivity index (χ3v) is 5.58. The molecular weight excluding hydrogens is 490 g/mol. The maximum absolute atomic E-state index is 12.9. The van der Waals surface area contributed by atoms with Crippen molar-refractivity contribution in [3.63, 3.8) is 0 Å². The van der Waals surface area contributed by atoms with Gasteiger partial charge in [-0.05, 0) is 58.1 Å². The lowest BCUT2D eigenvalue weighted by Gasteiger charge is -2.23. The van der Waals surface area contributed by atoms with E-state index in [4.69, 9.17) is 14.2 Å². The number of para-hydroxylation sites is 1. The predicted molar refractivity (Wildman–Crippen MR) is 143 cm³/mol. The maximum atomic E-state index is 12.9.